The lowest BCUT2D eigenvalue weighted by Gasteiger charge is -2.35. The van der Waals surface area contributed by atoms with Gasteiger partial charge in [0.05, 0.1) is 6.04 Å². The fourth-order valence-electron chi connectivity index (χ4n) is 2.37. The van der Waals surface area contributed by atoms with Gasteiger partial charge >= 0.3 is 0 Å². The van der Waals surface area contributed by atoms with E-state index in [9.17, 15) is 4.79 Å². The van der Waals surface area contributed by atoms with Gasteiger partial charge in [-0.15, -0.1) is 0 Å². The lowest BCUT2D eigenvalue weighted by atomic mass is 9.93. The van der Waals surface area contributed by atoms with Crippen LogP contribution in [0.4, 0.5) is 0 Å². The Kier molecular flexibility index (Phi) is 5.09. The van der Waals surface area contributed by atoms with Crippen molar-refractivity contribution in [3.63, 3.8) is 0 Å². The summed E-state index contributed by atoms with van der Waals surface area (Å²) < 4.78 is 0. The van der Waals surface area contributed by atoms with Crippen LogP contribution in [0.2, 0.25) is 0 Å². The van der Waals surface area contributed by atoms with Gasteiger partial charge in [0.25, 0.3) is 0 Å². The van der Waals surface area contributed by atoms with Crippen molar-refractivity contribution in [3.05, 3.63) is 0 Å². The minimum absolute atomic E-state index is 0.145. The van der Waals surface area contributed by atoms with Gasteiger partial charge in [0, 0.05) is 12.6 Å². The number of carbonyl (C=O) groups is 1. The molecule has 3 heteroatoms. The van der Waals surface area contributed by atoms with E-state index in [1.165, 1.54) is 19.3 Å². The highest BCUT2D eigenvalue weighted by molar-refractivity contribution is 5.81. The molecule has 88 valence electrons. The summed E-state index contributed by atoms with van der Waals surface area (Å²) in [6.45, 7) is 4.82. The third-order valence-corrected chi connectivity index (χ3v) is 3.40. The summed E-state index contributed by atoms with van der Waals surface area (Å²) in [4.78, 5) is 14.0. The minimum atomic E-state index is -0.299. The smallest absolute Gasteiger partial charge is 0.239 e. The first kappa shape index (κ1) is 12.5. The Morgan fingerprint density at radius 1 is 1.33 bits per heavy atom. The van der Waals surface area contributed by atoms with Crippen LogP contribution in [-0.4, -0.2) is 29.4 Å². The summed E-state index contributed by atoms with van der Waals surface area (Å²) in [5.74, 6) is 0.145. The van der Waals surface area contributed by atoms with Crippen LogP contribution in [0.3, 0.4) is 0 Å². The van der Waals surface area contributed by atoms with E-state index < -0.39 is 0 Å². The van der Waals surface area contributed by atoms with Crippen molar-refractivity contribution in [2.24, 2.45) is 5.73 Å². The van der Waals surface area contributed by atoms with Gasteiger partial charge in [-0.2, -0.15) is 0 Å². The van der Waals surface area contributed by atoms with Crippen LogP contribution in [0.1, 0.15) is 52.4 Å². The van der Waals surface area contributed by atoms with E-state index in [1.807, 2.05) is 11.8 Å². The fourth-order valence-corrected chi connectivity index (χ4v) is 2.37. The van der Waals surface area contributed by atoms with Gasteiger partial charge in [-0.1, -0.05) is 26.2 Å². The van der Waals surface area contributed by atoms with Gasteiger partial charge in [-0.3, -0.25) is 4.79 Å². The van der Waals surface area contributed by atoms with E-state index in [2.05, 4.69) is 6.92 Å². The van der Waals surface area contributed by atoms with Crippen LogP contribution in [0.5, 0.6) is 0 Å². The second-order valence-electron chi connectivity index (χ2n) is 4.43. The second-order valence-corrected chi connectivity index (χ2v) is 4.43. The SMILES string of the molecule is CC[C@@H](N)C(=O)N(CC)C1CCCCC1. The van der Waals surface area contributed by atoms with Gasteiger partial charge in [0.2, 0.25) is 5.91 Å². The zero-order valence-corrected chi connectivity index (χ0v) is 10.0. The lowest BCUT2D eigenvalue weighted by molar-refractivity contribution is -0.135. The Bertz CT molecular complexity index is 200. The molecule has 1 saturated carbocycles. The van der Waals surface area contributed by atoms with Crippen LogP contribution < -0.4 is 5.73 Å². The normalized spacial score (nSPS) is 19.9. The van der Waals surface area contributed by atoms with E-state index in [0.29, 0.717) is 6.04 Å². The topological polar surface area (TPSA) is 46.3 Å². The molecule has 0 saturated heterocycles. The first-order chi connectivity index (χ1) is 7.20. The average molecular weight is 212 g/mol. The molecule has 1 atom stereocenters. The summed E-state index contributed by atoms with van der Waals surface area (Å²) in [5, 5.41) is 0. The van der Waals surface area contributed by atoms with E-state index in [1.54, 1.807) is 0 Å². The molecule has 15 heavy (non-hydrogen) atoms. The third-order valence-electron chi connectivity index (χ3n) is 3.40. The highest BCUT2D eigenvalue weighted by Gasteiger charge is 2.26. The number of amides is 1. The first-order valence-corrected chi connectivity index (χ1v) is 6.26. The first-order valence-electron chi connectivity index (χ1n) is 6.26. The zero-order valence-electron chi connectivity index (χ0n) is 10.0. The van der Waals surface area contributed by atoms with Gasteiger partial charge in [-0.25, -0.2) is 0 Å². The molecule has 1 amide bonds. The summed E-state index contributed by atoms with van der Waals surface area (Å²) in [5.41, 5.74) is 5.81. The molecular formula is C12H24N2O. The molecule has 0 aliphatic heterocycles. The van der Waals surface area contributed by atoms with E-state index in [4.69, 9.17) is 5.73 Å². The number of hydrogen-bond acceptors (Lipinski definition) is 2. The van der Waals surface area contributed by atoms with Crippen LogP contribution in [0.25, 0.3) is 0 Å². The quantitative estimate of drug-likeness (QED) is 0.773. The Balaban J connectivity index is 2.56. The Morgan fingerprint density at radius 2 is 1.93 bits per heavy atom. The van der Waals surface area contributed by atoms with Gasteiger partial charge in [0.15, 0.2) is 0 Å². The van der Waals surface area contributed by atoms with E-state index >= 15 is 0 Å². The molecule has 0 aromatic heterocycles. The Morgan fingerprint density at radius 3 is 2.40 bits per heavy atom. The molecule has 1 aliphatic rings. The maximum absolute atomic E-state index is 12.0. The van der Waals surface area contributed by atoms with Gasteiger partial charge in [-0.05, 0) is 26.2 Å². The van der Waals surface area contributed by atoms with Crippen LogP contribution in [-0.2, 0) is 4.79 Å². The van der Waals surface area contributed by atoms with Crippen molar-refractivity contribution in [2.45, 2.75) is 64.5 Å². The van der Waals surface area contributed by atoms with Crippen LogP contribution in [0, 0.1) is 0 Å². The minimum Gasteiger partial charge on any atom is -0.339 e. The molecule has 0 aromatic carbocycles. The molecule has 0 bridgehead atoms. The molecular weight excluding hydrogens is 188 g/mol. The number of nitrogens with zero attached hydrogens (tertiary/aromatic N) is 1. The molecule has 0 spiro atoms. The monoisotopic (exact) mass is 212 g/mol. The summed E-state index contributed by atoms with van der Waals surface area (Å²) >= 11 is 0. The molecule has 1 fully saturated rings. The van der Waals surface area contributed by atoms with Crippen LogP contribution in [0.15, 0.2) is 0 Å². The standard InChI is InChI=1S/C12H24N2O/c1-3-11(13)12(15)14(4-2)10-8-6-5-7-9-10/h10-11H,3-9,13H2,1-2H3/t11-/m1/s1. The Labute approximate surface area is 93.0 Å². The molecule has 0 aromatic rings. The number of nitrogens with two attached hydrogens (primary N) is 1. The number of rotatable bonds is 4. The molecule has 0 radical (unpaired) electrons. The Hall–Kier alpha value is -0.570. The summed E-state index contributed by atoms with van der Waals surface area (Å²) in [6, 6.07) is 0.153. The molecule has 1 rings (SSSR count). The van der Waals surface area contributed by atoms with Crippen molar-refractivity contribution in [1.29, 1.82) is 0 Å². The second kappa shape index (κ2) is 6.11. The third kappa shape index (κ3) is 3.20. The van der Waals surface area contributed by atoms with Crippen molar-refractivity contribution in [3.8, 4) is 0 Å². The molecule has 1 aliphatic carbocycles. The van der Waals surface area contributed by atoms with Crippen molar-refractivity contribution < 1.29 is 4.79 Å². The molecule has 2 N–H and O–H groups in total. The van der Waals surface area contributed by atoms with Crippen LogP contribution >= 0.6 is 0 Å². The summed E-state index contributed by atoms with van der Waals surface area (Å²) in [7, 11) is 0. The van der Waals surface area contributed by atoms with E-state index in [0.717, 1.165) is 25.8 Å². The predicted molar refractivity (Wildman–Crippen MR) is 62.5 cm³/mol. The van der Waals surface area contributed by atoms with Crippen molar-refractivity contribution >= 4 is 5.91 Å². The summed E-state index contributed by atoms with van der Waals surface area (Å²) in [6.07, 6.45) is 6.90. The largest absolute Gasteiger partial charge is 0.339 e. The predicted octanol–water partition coefficient (Wildman–Crippen LogP) is 1.90. The fraction of sp³-hybridized carbons (Fsp3) is 0.917. The number of hydrogen-bond donors (Lipinski definition) is 1. The van der Waals surface area contributed by atoms with Crippen molar-refractivity contribution in [2.75, 3.05) is 6.54 Å². The average Bonchev–Trinajstić information content (AvgIpc) is 2.30. The maximum Gasteiger partial charge on any atom is 0.239 e. The highest BCUT2D eigenvalue weighted by Crippen LogP contribution is 2.22. The van der Waals surface area contributed by atoms with Gasteiger partial charge in [0.1, 0.15) is 0 Å². The maximum atomic E-state index is 12.0. The molecule has 0 unspecified atom stereocenters. The van der Waals surface area contributed by atoms with Crippen molar-refractivity contribution in [1.82, 2.24) is 4.90 Å². The highest BCUT2D eigenvalue weighted by atomic mass is 16.2. The number of carbonyl (C=O) groups excluding carboxylic acids is 1. The number of likely N-dealkylation sites (N-methyl/N-ethyl adjacent to an activating group) is 1. The zero-order chi connectivity index (χ0) is 11.3. The molecule has 3 nitrogen and oxygen atoms in total. The van der Waals surface area contributed by atoms with E-state index in [-0.39, 0.29) is 11.9 Å². The van der Waals surface area contributed by atoms with Gasteiger partial charge < -0.3 is 10.6 Å². The molecule has 0 heterocycles. The lowest BCUT2D eigenvalue weighted by Crippen LogP contribution is -2.48.